The summed E-state index contributed by atoms with van der Waals surface area (Å²) in [5, 5.41) is 3.03. The second-order valence-corrected chi connectivity index (χ2v) is 6.81. The van der Waals surface area contributed by atoms with Crippen LogP contribution in [0.2, 0.25) is 0 Å². The van der Waals surface area contributed by atoms with Gasteiger partial charge in [-0.05, 0) is 55.0 Å². The smallest absolute Gasteiger partial charge is 0.311 e. The number of rotatable bonds is 6. The summed E-state index contributed by atoms with van der Waals surface area (Å²) in [5.74, 6) is 0.0410. The summed E-state index contributed by atoms with van der Waals surface area (Å²) in [6, 6.07) is 15.3. The van der Waals surface area contributed by atoms with E-state index >= 15 is 0 Å². The number of esters is 1. The van der Waals surface area contributed by atoms with Crippen LogP contribution in [0, 0.1) is 0 Å². The molecule has 5 nitrogen and oxygen atoms in total. The predicted octanol–water partition coefficient (Wildman–Crippen LogP) is 3.36. The number of hydrogen-bond acceptors (Lipinski definition) is 4. The van der Waals surface area contributed by atoms with Crippen molar-refractivity contribution in [2.75, 3.05) is 7.11 Å². The SMILES string of the molecule is COc1ccc(CC(=O)O[C@H](C)C(=O)N[C@@H]2CCCc3ccccc32)cc1. The minimum absolute atomic E-state index is 0.0230. The standard InChI is InChI=1S/C22H25NO4/c1-15(27-21(24)14-16-10-12-18(26-2)13-11-16)22(25)23-20-9-5-7-17-6-3-4-8-19(17)20/h3-4,6,8,10-13,15,20H,5,7,9,14H2,1-2H3,(H,23,25)/t15-,20-/m1/s1. The molecule has 1 aliphatic carbocycles. The lowest BCUT2D eigenvalue weighted by molar-refractivity contribution is -0.154. The number of hydrogen-bond donors (Lipinski definition) is 1. The summed E-state index contributed by atoms with van der Waals surface area (Å²) in [5.41, 5.74) is 3.25. The maximum Gasteiger partial charge on any atom is 0.311 e. The summed E-state index contributed by atoms with van der Waals surface area (Å²) in [6.07, 6.45) is 2.26. The number of nitrogens with one attached hydrogen (secondary N) is 1. The highest BCUT2D eigenvalue weighted by molar-refractivity contribution is 5.84. The van der Waals surface area contributed by atoms with Gasteiger partial charge in [0, 0.05) is 0 Å². The Balaban J connectivity index is 1.54. The second kappa shape index (κ2) is 8.71. The largest absolute Gasteiger partial charge is 0.497 e. The summed E-state index contributed by atoms with van der Waals surface area (Å²) >= 11 is 0. The molecule has 1 amide bonds. The van der Waals surface area contributed by atoms with Gasteiger partial charge in [-0.2, -0.15) is 0 Å². The molecule has 27 heavy (non-hydrogen) atoms. The maximum absolute atomic E-state index is 12.5. The minimum atomic E-state index is -0.829. The molecule has 142 valence electrons. The summed E-state index contributed by atoms with van der Waals surface area (Å²) in [6.45, 7) is 1.61. The van der Waals surface area contributed by atoms with Gasteiger partial charge in [0.15, 0.2) is 6.10 Å². The van der Waals surface area contributed by atoms with Crippen LogP contribution in [-0.2, 0) is 27.2 Å². The van der Waals surface area contributed by atoms with Crippen molar-refractivity contribution in [1.29, 1.82) is 0 Å². The molecule has 0 aliphatic heterocycles. The monoisotopic (exact) mass is 367 g/mol. The number of aryl methyl sites for hydroxylation is 1. The van der Waals surface area contributed by atoms with Crippen LogP contribution in [0.4, 0.5) is 0 Å². The van der Waals surface area contributed by atoms with Gasteiger partial charge in [-0.3, -0.25) is 9.59 Å². The second-order valence-electron chi connectivity index (χ2n) is 6.81. The lowest BCUT2D eigenvalue weighted by Gasteiger charge is -2.27. The Bertz CT molecular complexity index is 800. The number of carbonyl (C=O) groups excluding carboxylic acids is 2. The van der Waals surface area contributed by atoms with Gasteiger partial charge in [-0.1, -0.05) is 36.4 Å². The molecule has 0 spiro atoms. The van der Waals surface area contributed by atoms with E-state index in [1.807, 2.05) is 24.3 Å². The third-order valence-electron chi connectivity index (χ3n) is 4.87. The zero-order valence-electron chi connectivity index (χ0n) is 15.7. The maximum atomic E-state index is 12.5. The van der Waals surface area contributed by atoms with Crippen molar-refractivity contribution in [3.63, 3.8) is 0 Å². The molecule has 0 heterocycles. The van der Waals surface area contributed by atoms with Crippen molar-refractivity contribution >= 4 is 11.9 Å². The fourth-order valence-corrected chi connectivity index (χ4v) is 3.40. The molecule has 2 aromatic carbocycles. The van der Waals surface area contributed by atoms with E-state index in [4.69, 9.17) is 9.47 Å². The molecule has 2 aromatic rings. The van der Waals surface area contributed by atoms with Crippen LogP contribution < -0.4 is 10.1 Å². The molecule has 1 aliphatic rings. The average Bonchev–Trinajstić information content (AvgIpc) is 2.68. The zero-order valence-corrected chi connectivity index (χ0v) is 15.7. The first-order valence-corrected chi connectivity index (χ1v) is 9.27. The highest BCUT2D eigenvalue weighted by Gasteiger charge is 2.25. The van der Waals surface area contributed by atoms with E-state index in [0.29, 0.717) is 0 Å². The van der Waals surface area contributed by atoms with Crippen molar-refractivity contribution in [3.05, 3.63) is 65.2 Å². The molecule has 0 radical (unpaired) electrons. The lowest BCUT2D eigenvalue weighted by atomic mass is 9.87. The lowest BCUT2D eigenvalue weighted by Crippen LogP contribution is -2.39. The fourth-order valence-electron chi connectivity index (χ4n) is 3.40. The third-order valence-corrected chi connectivity index (χ3v) is 4.87. The molecule has 5 heteroatoms. The Labute approximate surface area is 159 Å². The molecular formula is C22H25NO4. The summed E-state index contributed by atoms with van der Waals surface area (Å²) in [7, 11) is 1.59. The highest BCUT2D eigenvalue weighted by Crippen LogP contribution is 2.29. The van der Waals surface area contributed by atoms with Crippen LogP contribution in [0.5, 0.6) is 5.75 Å². The van der Waals surface area contributed by atoms with Crippen molar-refractivity contribution < 1.29 is 19.1 Å². The Kier molecular flexibility index (Phi) is 6.12. The zero-order chi connectivity index (χ0) is 19.2. The first kappa shape index (κ1) is 19.0. The molecule has 2 atom stereocenters. The predicted molar refractivity (Wildman–Crippen MR) is 103 cm³/mol. The molecular weight excluding hydrogens is 342 g/mol. The van der Waals surface area contributed by atoms with Crippen LogP contribution in [-0.4, -0.2) is 25.1 Å². The molecule has 0 saturated heterocycles. The van der Waals surface area contributed by atoms with Crippen LogP contribution in [0.3, 0.4) is 0 Å². The van der Waals surface area contributed by atoms with Gasteiger partial charge in [0.05, 0.1) is 19.6 Å². The van der Waals surface area contributed by atoms with Crippen LogP contribution >= 0.6 is 0 Å². The van der Waals surface area contributed by atoms with E-state index in [9.17, 15) is 9.59 Å². The molecule has 0 saturated carbocycles. The molecule has 3 rings (SSSR count). The van der Waals surface area contributed by atoms with Crippen LogP contribution in [0.25, 0.3) is 0 Å². The van der Waals surface area contributed by atoms with E-state index < -0.39 is 12.1 Å². The van der Waals surface area contributed by atoms with Gasteiger partial charge in [0.2, 0.25) is 0 Å². The summed E-state index contributed by atoms with van der Waals surface area (Å²) < 4.78 is 10.4. The van der Waals surface area contributed by atoms with Crippen LogP contribution in [0.1, 0.15) is 42.5 Å². The highest BCUT2D eigenvalue weighted by atomic mass is 16.5. The van der Waals surface area contributed by atoms with Crippen molar-refractivity contribution in [2.45, 2.75) is 44.8 Å². The first-order chi connectivity index (χ1) is 13.1. The Morgan fingerprint density at radius 1 is 1.15 bits per heavy atom. The van der Waals surface area contributed by atoms with Gasteiger partial charge >= 0.3 is 5.97 Å². The number of ether oxygens (including phenoxy) is 2. The average molecular weight is 367 g/mol. The van der Waals surface area contributed by atoms with Crippen molar-refractivity contribution in [3.8, 4) is 5.75 Å². The quantitative estimate of drug-likeness (QED) is 0.795. The Morgan fingerprint density at radius 2 is 1.89 bits per heavy atom. The molecule has 0 unspecified atom stereocenters. The molecule has 0 bridgehead atoms. The van der Waals surface area contributed by atoms with E-state index in [0.717, 1.165) is 36.1 Å². The third kappa shape index (κ3) is 4.88. The minimum Gasteiger partial charge on any atom is -0.497 e. The van der Waals surface area contributed by atoms with E-state index in [1.165, 1.54) is 5.56 Å². The van der Waals surface area contributed by atoms with E-state index in [2.05, 4.69) is 17.4 Å². The number of methoxy groups -OCH3 is 1. The Morgan fingerprint density at radius 3 is 2.63 bits per heavy atom. The number of fused-ring (bicyclic) bond motifs is 1. The Hall–Kier alpha value is -2.82. The van der Waals surface area contributed by atoms with Gasteiger partial charge in [-0.15, -0.1) is 0 Å². The topological polar surface area (TPSA) is 64.6 Å². The van der Waals surface area contributed by atoms with Crippen molar-refractivity contribution in [1.82, 2.24) is 5.32 Å². The first-order valence-electron chi connectivity index (χ1n) is 9.27. The van der Waals surface area contributed by atoms with Gasteiger partial charge in [0.25, 0.3) is 5.91 Å². The van der Waals surface area contributed by atoms with E-state index in [1.54, 1.807) is 26.2 Å². The van der Waals surface area contributed by atoms with Crippen molar-refractivity contribution in [2.24, 2.45) is 0 Å². The summed E-state index contributed by atoms with van der Waals surface area (Å²) in [4.78, 5) is 24.6. The molecule has 1 N–H and O–H groups in total. The number of carbonyl (C=O) groups is 2. The van der Waals surface area contributed by atoms with Gasteiger partial charge in [0.1, 0.15) is 5.75 Å². The van der Waals surface area contributed by atoms with E-state index in [-0.39, 0.29) is 18.4 Å². The van der Waals surface area contributed by atoms with Gasteiger partial charge in [-0.25, -0.2) is 0 Å². The van der Waals surface area contributed by atoms with Crippen LogP contribution in [0.15, 0.2) is 48.5 Å². The number of benzene rings is 2. The van der Waals surface area contributed by atoms with Gasteiger partial charge < -0.3 is 14.8 Å². The fraction of sp³-hybridized carbons (Fsp3) is 0.364. The molecule has 0 aromatic heterocycles. The number of amides is 1. The normalized spacial score (nSPS) is 16.7. The molecule has 0 fully saturated rings.